The summed E-state index contributed by atoms with van der Waals surface area (Å²) >= 11 is 0. The number of rotatable bonds is 3. The normalized spacial score (nSPS) is 23.4. The molecule has 7 heteroatoms. The monoisotopic (exact) mass is 250 g/mol. The van der Waals surface area contributed by atoms with Crippen LogP contribution in [-0.2, 0) is 4.74 Å². The number of pyridine rings is 1. The Morgan fingerprint density at radius 3 is 2.12 bits per heavy atom. The molecule has 17 heavy (non-hydrogen) atoms. The van der Waals surface area contributed by atoms with Gasteiger partial charge in [-0.1, -0.05) is 0 Å². The largest absolute Gasteiger partial charge is 0.381 e. The number of anilines is 1. The van der Waals surface area contributed by atoms with Crippen molar-refractivity contribution < 1.29 is 22.3 Å². The number of methoxy groups -OCH3 is 1. The van der Waals surface area contributed by atoms with Crippen LogP contribution in [0.25, 0.3) is 0 Å². The van der Waals surface area contributed by atoms with E-state index in [-0.39, 0.29) is 12.1 Å². The van der Waals surface area contributed by atoms with E-state index in [4.69, 9.17) is 4.74 Å². The maximum Gasteiger partial charge on any atom is 0.253 e. The van der Waals surface area contributed by atoms with Crippen molar-refractivity contribution in [2.75, 3.05) is 12.4 Å². The van der Waals surface area contributed by atoms with Crippen LogP contribution in [0.2, 0.25) is 0 Å². The van der Waals surface area contributed by atoms with Crippen LogP contribution in [-0.4, -0.2) is 24.2 Å². The molecular formula is C10H10F4N2O. The molecule has 94 valence electrons. The van der Waals surface area contributed by atoms with Gasteiger partial charge in [-0.2, -0.15) is 22.5 Å². The lowest BCUT2D eigenvalue weighted by Crippen LogP contribution is -2.40. The molecule has 1 heterocycles. The minimum Gasteiger partial charge on any atom is -0.381 e. The molecule has 3 nitrogen and oxygen atoms in total. The predicted octanol–water partition coefficient (Wildman–Crippen LogP) is 2.23. The van der Waals surface area contributed by atoms with Gasteiger partial charge in [-0.3, -0.25) is 0 Å². The van der Waals surface area contributed by atoms with Crippen LogP contribution in [0, 0.1) is 23.5 Å². The molecule has 0 aromatic carbocycles. The van der Waals surface area contributed by atoms with Crippen molar-refractivity contribution in [2.24, 2.45) is 0 Å². The number of hydrogen-bond acceptors (Lipinski definition) is 3. The molecule has 1 aromatic heterocycles. The first kappa shape index (κ1) is 12.1. The lowest BCUT2D eigenvalue weighted by Gasteiger charge is -2.35. The zero-order chi connectivity index (χ0) is 12.6. The van der Waals surface area contributed by atoms with E-state index in [1.807, 2.05) is 0 Å². The fourth-order valence-corrected chi connectivity index (χ4v) is 1.69. The Labute approximate surface area is 94.8 Å². The maximum absolute atomic E-state index is 13.2. The lowest BCUT2D eigenvalue weighted by molar-refractivity contribution is 0.0327. The van der Waals surface area contributed by atoms with Crippen LogP contribution in [0.15, 0.2) is 0 Å². The van der Waals surface area contributed by atoms with Crippen molar-refractivity contribution in [1.82, 2.24) is 4.98 Å². The molecule has 0 saturated heterocycles. The molecule has 0 unspecified atom stereocenters. The molecule has 0 spiro atoms. The third kappa shape index (κ3) is 2.19. The quantitative estimate of drug-likeness (QED) is 0.659. The zero-order valence-electron chi connectivity index (χ0n) is 8.94. The Morgan fingerprint density at radius 2 is 1.65 bits per heavy atom. The second-order valence-electron chi connectivity index (χ2n) is 3.87. The summed E-state index contributed by atoms with van der Waals surface area (Å²) in [5.74, 6) is -6.34. The van der Waals surface area contributed by atoms with E-state index in [2.05, 4.69) is 10.3 Å². The molecule has 0 atom stereocenters. The van der Waals surface area contributed by atoms with Crippen LogP contribution < -0.4 is 5.32 Å². The third-order valence-electron chi connectivity index (χ3n) is 2.77. The zero-order valence-corrected chi connectivity index (χ0v) is 8.94. The highest BCUT2D eigenvalue weighted by Crippen LogP contribution is 2.29. The fraction of sp³-hybridized carbons (Fsp3) is 0.500. The van der Waals surface area contributed by atoms with Gasteiger partial charge in [-0.15, -0.1) is 0 Å². The van der Waals surface area contributed by atoms with Crippen molar-refractivity contribution >= 4 is 5.69 Å². The summed E-state index contributed by atoms with van der Waals surface area (Å²) in [5, 5.41) is 2.41. The smallest absolute Gasteiger partial charge is 0.253 e. The van der Waals surface area contributed by atoms with Gasteiger partial charge in [0.2, 0.25) is 11.6 Å². The molecule has 0 radical (unpaired) electrons. The van der Waals surface area contributed by atoms with Crippen molar-refractivity contribution in [3.63, 3.8) is 0 Å². The van der Waals surface area contributed by atoms with Crippen molar-refractivity contribution in [2.45, 2.75) is 25.0 Å². The van der Waals surface area contributed by atoms with Gasteiger partial charge in [0.15, 0.2) is 0 Å². The number of nitrogens with one attached hydrogen (secondary N) is 1. The minimum absolute atomic E-state index is 0.00940. The lowest BCUT2D eigenvalue weighted by atomic mass is 9.89. The van der Waals surface area contributed by atoms with Gasteiger partial charge in [0.05, 0.1) is 6.10 Å². The Kier molecular flexibility index (Phi) is 3.19. The van der Waals surface area contributed by atoms with E-state index in [0.29, 0.717) is 12.8 Å². The molecule has 1 aliphatic rings. The Bertz CT molecular complexity index is 409. The topological polar surface area (TPSA) is 34.1 Å². The number of ether oxygens (including phenoxy) is 1. The number of nitrogens with zero attached hydrogens (tertiary/aromatic N) is 1. The van der Waals surface area contributed by atoms with Gasteiger partial charge in [0, 0.05) is 13.2 Å². The van der Waals surface area contributed by atoms with Crippen LogP contribution in [0.4, 0.5) is 23.2 Å². The molecule has 0 amide bonds. The first-order valence-electron chi connectivity index (χ1n) is 5.02. The van der Waals surface area contributed by atoms with E-state index in [1.165, 1.54) is 7.11 Å². The van der Waals surface area contributed by atoms with E-state index in [0.717, 1.165) is 0 Å². The van der Waals surface area contributed by atoms with Crippen LogP contribution in [0.1, 0.15) is 12.8 Å². The van der Waals surface area contributed by atoms with Gasteiger partial charge < -0.3 is 10.1 Å². The first-order chi connectivity index (χ1) is 8.02. The van der Waals surface area contributed by atoms with Crippen LogP contribution in [0.3, 0.4) is 0 Å². The average Bonchev–Trinajstić information content (AvgIpc) is 2.24. The standard InChI is InChI=1S/C10H10F4N2O/c1-17-5-2-4(3-5)15-8-6(11)9(13)16-10(14)7(8)12/h4-5H,2-3H2,1H3,(H,15,16). The SMILES string of the molecule is COC1CC(Nc2c(F)c(F)nc(F)c2F)C1. The van der Waals surface area contributed by atoms with Crippen molar-refractivity contribution in [1.29, 1.82) is 0 Å². The van der Waals surface area contributed by atoms with Crippen molar-refractivity contribution in [3.8, 4) is 0 Å². The number of hydrogen-bond donors (Lipinski definition) is 1. The third-order valence-corrected chi connectivity index (χ3v) is 2.77. The maximum atomic E-state index is 13.2. The van der Waals surface area contributed by atoms with Crippen molar-refractivity contribution in [3.05, 3.63) is 23.5 Å². The summed E-state index contributed by atoms with van der Waals surface area (Å²) in [6.45, 7) is 0. The number of aromatic nitrogens is 1. The highest BCUT2D eigenvalue weighted by molar-refractivity contribution is 5.46. The van der Waals surface area contributed by atoms with E-state index in [9.17, 15) is 17.6 Å². The van der Waals surface area contributed by atoms with Crippen LogP contribution >= 0.6 is 0 Å². The molecule has 1 fully saturated rings. The fourth-order valence-electron chi connectivity index (χ4n) is 1.69. The van der Waals surface area contributed by atoms with Gasteiger partial charge in [0.1, 0.15) is 5.69 Å². The molecular weight excluding hydrogens is 240 g/mol. The highest BCUT2D eigenvalue weighted by Gasteiger charge is 2.31. The highest BCUT2D eigenvalue weighted by atomic mass is 19.2. The molecule has 2 rings (SSSR count). The average molecular weight is 250 g/mol. The molecule has 1 aliphatic carbocycles. The van der Waals surface area contributed by atoms with Gasteiger partial charge in [0.25, 0.3) is 11.9 Å². The molecule has 0 aliphatic heterocycles. The van der Waals surface area contributed by atoms with Gasteiger partial charge in [-0.05, 0) is 12.8 Å². The summed E-state index contributed by atoms with van der Waals surface area (Å²) in [5.41, 5.74) is -0.811. The van der Waals surface area contributed by atoms with E-state index >= 15 is 0 Å². The summed E-state index contributed by atoms with van der Waals surface area (Å²) < 4.78 is 56.9. The predicted molar refractivity (Wildman–Crippen MR) is 51.5 cm³/mol. The van der Waals surface area contributed by atoms with Crippen LogP contribution in [0.5, 0.6) is 0 Å². The number of halogens is 4. The molecule has 1 aromatic rings. The van der Waals surface area contributed by atoms with Gasteiger partial charge >= 0.3 is 0 Å². The first-order valence-corrected chi connectivity index (χ1v) is 5.02. The second-order valence-corrected chi connectivity index (χ2v) is 3.87. The minimum atomic E-state index is -1.66. The summed E-state index contributed by atoms with van der Waals surface area (Å²) in [7, 11) is 1.52. The Balaban J connectivity index is 2.16. The van der Waals surface area contributed by atoms with E-state index in [1.54, 1.807) is 0 Å². The summed E-state index contributed by atoms with van der Waals surface area (Å²) in [6.07, 6.45) is 1.07. The Hall–Kier alpha value is -1.37. The molecule has 1 saturated carbocycles. The molecule has 1 N–H and O–H groups in total. The summed E-state index contributed by atoms with van der Waals surface area (Å²) in [4.78, 5) is 2.47. The van der Waals surface area contributed by atoms with E-state index < -0.39 is 29.2 Å². The summed E-state index contributed by atoms with van der Waals surface area (Å²) in [6, 6.07) is -0.259. The second kappa shape index (κ2) is 4.48. The molecule has 0 bridgehead atoms. The van der Waals surface area contributed by atoms with Gasteiger partial charge in [-0.25, -0.2) is 0 Å². The Morgan fingerprint density at radius 1 is 1.12 bits per heavy atom.